The minimum atomic E-state index is 0.00159. The first-order valence-electron chi connectivity index (χ1n) is 12.2. The molecule has 2 atom stereocenters. The Bertz CT molecular complexity index is 739. The topological polar surface area (TPSA) is 27.7 Å². The number of unbranched alkanes of at least 4 members (excludes halogenated alkanes) is 5. The molecule has 0 saturated carbocycles. The van der Waals surface area contributed by atoms with Crippen LogP contribution in [0.1, 0.15) is 69.9 Å². The van der Waals surface area contributed by atoms with Crippen molar-refractivity contribution in [1.29, 1.82) is 0 Å². The highest BCUT2D eigenvalue weighted by atomic mass is 16.7. The van der Waals surface area contributed by atoms with Crippen molar-refractivity contribution in [3.63, 3.8) is 0 Å². The molecule has 0 aromatic heterocycles. The highest BCUT2D eigenvalue weighted by Gasteiger charge is 2.21. The van der Waals surface area contributed by atoms with Gasteiger partial charge in [0.05, 0.1) is 19.8 Å². The van der Waals surface area contributed by atoms with Crippen LogP contribution in [0.15, 0.2) is 66.7 Å². The van der Waals surface area contributed by atoms with Gasteiger partial charge in [-0.25, -0.2) is 0 Å². The summed E-state index contributed by atoms with van der Waals surface area (Å²) in [4.78, 5) is 0. The Morgan fingerprint density at radius 2 is 1.56 bits per heavy atom. The van der Waals surface area contributed by atoms with E-state index in [2.05, 4.69) is 50.8 Å². The van der Waals surface area contributed by atoms with Crippen LogP contribution in [0.4, 0.5) is 0 Å². The van der Waals surface area contributed by atoms with Crippen LogP contribution in [0.2, 0.25) is 0 Å². The van der Waals surface area contributed by atoms with Crippen LogP contribution in [0.3, 0.4) is 0 Å². The zero-order valence-corrected chi connectivity index (χ0v) is 20.4. The molecule has 3 nitrogen and oxygen atoms in total. The number of methoxy groups -OCH3 is 1. The molecule has 2 aromatic carbocycles. The molecule has 0 unspecified atom stereocenters. The molecule has 0 fully saturated rings. The van der Waals surface area contributed by atoms with Crippen LogP contribution in [0, 0.1) is 5.92 Å². The first-order chi connectivity index (χ1) is 15.6. The van der Waals surface area contributed by atoms with Crippen LogP contribution < -0.4 is 4.74 Å². The molecule has 176 valence electrons. The molecule has 0 saturated heterocycles. The van der Waals surface area contributed by atoms with Gasteiger partial charge in [0.2, 0.25) is 0 Å². The van der Waals surface area contributed by atoms with Gasteiger partial charge in [0.15, 0.2) is 0 Å². The summed E-state index contributed by atoms with van der Waals surface area (Å²) in [5.74, 6) is 1.19. The van der Waals surface area contributed by atoms with E-state index in [0.717, 1.165) is 24.2 Å². The summed E-state index contributed by atoms with van der Waals surface area (Å²) < 4.78 is 17.3. The summed E-state index contributed by atoms with van der Waals surface area (Å²) in [5, 5.41) is 0. The van der Waals surface area contributed by atoms with Crippen molar-refractivity contribution in [2.45, 2.75) is 77.9 Å². The van der Waals surface area contributed by atoms with E-state index in [1.165, 1.54) is 49.7 Å². The summed E-state index contributed by atoms with van der Waals surface area (Å²) in [6, 6.07) is 18.6. The third kappa shape index (κ3) is 10.0. The van der Waals surface area contributed by atoms with E-state index in [4.69, 9.17) is 14.2 Å². The lowest BCUT2D eigenvalue weighted by Gasteiger charge is -2.27. The molecule has 0 radical (unpaired) electrons. The first kappa shape index (κ1) is 26.2. The Kier molecular flexibility index (Phi) is 12.8. The standard InChI is InChI=1S/C29H42O3/c1-5-6-7-8-9-11-14-24(2)29(25(3)21-26-15-12-10-13-16-26)32-23-31-22-27-17-19-28(30-4)20-18-27/h10,12-13,15-20,25,29H,2,5-9,11,14,21-23H2,1,3-4H3/t25-,29+/m1/s1. The average molecular weight is 439 g/mol. The minimum absolute atomic E-state index is 0.00159. The Balaban J connectivity index is 1.84. The van der Waals surface area contributed by atoms with Gasteiger partial charge in [-0.3, -0.25) is 0 Å². The predicted molar refractivity (Wildman–Crippen MR) is 134 cm³/mol. The van der Waals surface area contributed by atoms with Gasteiger partial charge >= 0.3 is 0 Å². The molecule has 0 aliphatic rings. The fourth-order valence-electron chi connectivity index (χ4n) is 4.05. The second-order valence-electron chi connectivity index (χ2n) is 8.74. The van der Waals surface area contributed by atoms with Crippen molar-refractivity contribution in [2.75, 3.05) is 13.9 Å². The van der Waals surface area contributed by atoms with Crippen molar-refractivity contribution in [3.05, 3.63) is 77.9 Å². The maximum Gasteiger partial charge on any atom is 0.147 e. The second-order valence-corrected chi connectivity index (χ2v) is 8.74. The molecule has 2 rings (SSSR count). The SMILES string of the molecule is C=C(CCCCCCCC)[C@H](OCOCc1ccc(OC)cc1)[C@H](C)Cc1ccccc1. The van der Waals surface area contributed by atoms with Gasteiger partial charge < -0.3 is 14.2 Å². The second kappa shape index (κ2) is 15.7. The van der Waals surface area contributed by atoms with E-state index in [-0.39, 0.29) is 12.9 Å². The van der Waals surface area contributed by atoms with Gasteiger partial charge in [-0.05, 0) is 54.0 Å². The number of hydrogen-bond acceptors (Lipinski definition) is 3. The van der Waals surface area contributed by atoms with Gasteiger partial charge in [-0.15, -0.1) is 0 Å². The van der Waals surface area contributed by atoms with E-state index in [1.807, 2.05) is 24.3 Å². The molecular formula is C29H42O3. The lowest BCUT2D eigenvalue weighted by atomic mass is 9.89. The van der Waals surface area contributed by atoms with Crippen LogP contribution in [-0.4, -0.2) is 20.0 Å². The third-order valence-electron chi connectivity index (χ3n) is 5.93. The van der Waals surface area contributed by atoms with Crippen LogP contribution >= 0.6 is 0 Å². The van der Waals surface area contributed by atoms with Crippen LogP contribution in [-0.2, 0) is 22.5 Å². The number of benzene rings is 2. The molecule has 0 spiro atoms. The zero-order valence-electron chi connectivity index (χ0n) is 20.4. The van der Waals surface area contributed by atoms with Crippen LogP contribution in [0.25, 0.3) is 0 Å². The quantitative estimate of drug-likeness (QED) is 0.144. The molecule has 3 heteroatoms. The molecule has 32 heavy (non-hydrogen) atoms. The maximum absolute atomic E-state index is 6.25. The summed E-state index contributed by atoms with van der Waals surface area (Å²) in [5.41, 5.74) is 3.63. The van der Waals surface area contributed by atoms with Gasteiger partial charge in [-0.2, -0.15) is 0 Å². The highest BCUT2D eigenvalue weighted by Crippen LogP contribution is 2.24. The van der Waals surface area contributed by atoms with Gasteiger partial charge in [0.25, 0.3) is 0 Å². The average Bonchev–Trinajstić information content (AvgIpc) is 2.82. The van der Waals surface area contributed by atoms with Crippen molar-refractivity contribution in [1.82, 2.24) is 0 Å². The summed E-state index contributed by atoms with van der Waals surface area (Å²) in [7, 11) is 1.67. The Labute approximate surface area is 195 Å². The first-order valence-corrected chi connectivity index (χ1v) is 12.2. The third-order valence-corrected chi connectivity index (χ3v) is 5.93. The van der Waals surface area contributed by atoms with E-state index in [0.29, 0.717) is 12.5 Å². The zero-order chi connectivity index (χ0) is 23.0. The molecule has 0 N–H and O–H groups in total. The van der Waals surface area contributed by atoms with E-state index >= 15 is 0 Å². The largest absolute Gasteiger partial charge is 0.497 e. The Morgan fingerprint density at radius 3 is 2.25 bits per heavy atom. The minimum Gasteiger partial charge on any atom is -0.497 e. The fourth-order valence-corrected chi connectivity index (χ4v) is 4.05. The molecule has 0 heterocycles. The summed E-state index contributed by atoms with van der Waals surface area (Å²) in [6.45, 7) is 9.72. The summed E-state index contributed by atoms with van der Waals surface area (Å²) in [6.07, 6.45) is 9.74. The fraction of sp³-hybridized carbons (Fsp3) is 0.517. The molecule has 0 aliphatic heterocycles. The van der Waals surface area contributed by atoms with E-state index in [1.54, 1.807) is 7.11 Å². The lowest BCUT2D eigenvalue weighted by molar-refractivity contribution is -0.0988. The number of ether oxygens (including phenoxy) is 3. The lowest BCUT2D eigenvalue weighted by Crippen LogP contribution is -2.27. The monoisotopic (exact) mass is 438 g/mol. The van der Waals surface area contributed by atoms with Gasteiger partial charge in [0.1, 0.15) is 12.5 Å². The van der Waals surface area contributed by atoms with E-state index in [9.17, 15) is 0 Å². The highest BCUT2D eigenvalue weighted by molar-refractivity contribution is 5.26. The maximum atomic E-state index is 6.25. The van der Waals surface area contributed by atoms with Crippen molar-refractivity contribution >= 4 is 0 Å². The number of rotatable bonds is 17. The van der Waals surface area contributed by atoms with Gasteiger partial charge in [0, 0.05) is 0 Å². The van der Waals surface area contributed by atoms with Crippen molar-refractivity contribution in [2.24, 2.45) is 5.92 Å². The molecule has 0 amide bonds. The Morgan fingerprint density at radius 1 is 0.875 bits per heavy atom. The molecule has 2 aromatic rings. The summed E-state index contributed by atoms with van der Waals surface area (Å²) >= 11 is 0. The smallest absolute Gasteiger partial charge is 0.147 e. The van der Waals surface area contributed by atoms with E-state index < -0.39 is 0 Å². The van der Waals surface area contributed by atoms with Gasteiger partial charge in [-0.1, -0.05) is 95.0 Å². The van der Waals surface area contributed by atoms with Crippen LogP contribution in [0.5, 0.6) is 5.75 Å². The van der Waals surface area contributed by atoms with Crippen molar-refractivity contribution in [3.8, 4) is 5.75 Å². The number of hydrogen-bond donors (Lipinski definition) is 0. The normalized spacial score (nSPS) is 13.0. The molecule has 0 aliphatic carbocycles. The molecular weight excluding hydrogens is 396 g/mol. The Hall–Kier alpha value is -2.10. The van der Waals surface area contributed by atoms with Crippen molar-refractivity contribution < 1.29 is 14.2 Å². The molecule has 0 bridgehead atoms. The predicted octanol–water partition coefficient (Wildman–Crippen LogP) is 7.74.